The number of aryl methyl sites for hydroxylation is 1. The van der Waals surface area contributed by atoms with Gasteiger partial charge in [-0.05, 0) is 41.6 Å². The van der Waals surface area contributed by atoms with Crippen molar-refractivity contribution in [2.45, 2.75) is 31.7 Å². The van der Waals surface area contributed by atoms with Crippen LogP contribution < -0.4 is 45.3 Å². The number of fused-ring (bicyclic) bond motifs is 2. The van der Waals surface area contributed by atoms with Crippen molar-refractivity contribution in [2.75, 3.05) is 5.32 Å². The molecule has 3 unspecified atom stereocenters. The zero-order valence-corrected chi connectivity index (χ0v) is 18.9. The van der Waals surface area contributed by atoms with E-state index in [2.05, 4.69) is 5.32 Å². The van der Waals surface area contributed by atoms with Crippen molar-refractivity contribution in [3.05, 3.63) is 47.2 Å². The van der Waals surface area contributed by atoms with Gasteiger partial charge in [0.15, 0.2) is 5.75 Å². The first-order chi connectivity index (χ1) is 13.2. The Kier molecular flexibility index (Phi) is 7.41. The standard InChI is InChI=1S/C18H19N3O6S.Na/c1-9-3-5-12-15(16(9)27-10(2)22)20-17(28(25)26)13-7-11(4-6-14(19)23)8-21(13)18(12)24;/h3-6,8,13,17,20H,7H2,1-2H3,(H2,19,23)(H,25,26);/q;+1/p-1. The van der Waals surface area contributed by atoms with Gasteiger partial charge in [0.1, 0.15) is 5.37 Å². The second-order valence-corrected chi connectivity index (χ2v) is 7.51. The molecule has 0 aromatic heterocycles. The van der Waals surface area contributed by atoms with Gasteiger partial charge in [-0.1, -0.05) is 12.1 Å². The third-order valence-corrected chi connectivity index (χ3v) is 5.32. The predicted molar refractivity (Wildman–Crippen MR) is 99.8 cm³/mol. The Morgan fingerprint density at radius 2 is 2.10 bits per heavy atom. The van der Waals surface area contributed by atoms with Gasteiger partial charge in [-0.15, -0.1) is 0 Å². The molecule has 29 heavy (non-hydrogen) atoms. The van der Waals surface area contributed by atoms with Crippen LogP contribution in [0.4, 0.5) is 5.69 Å². The number of primary amides is 1. The Hall–Kier alpha value is -1.98. The van der Waals surface area contributed by atoms with E-state index in [0.29, 0.717) is 11.1 Å². The van der Waals surface area contributed by atoms with E-state index in [9.17, 15) is 23.1 Å². The van der Waals surface area contributed by atoms with E-state index in [1.54, 1.807) is 19.1 Å². The number of nitrogens with one attached hydrogen (secondary N) is 1. The molecule has 9 nitrogen and oxygen atoms in total. The predicted octanol–water partition coefficient (Wildman–Crippen LogP) is -2.31. The molecule has 2 amide bonds. The van der Waals surface area contributed by atoms with Crippen LogP contribution in [0, 0.1) is 6.92 Å². The third-order valence-electron chi connectivity index (χ3n) is 4.48. The van der Waals surface area contributed by atoms with Crippen LogP contribution in [0.2, 0.25) is 0 Å². The van der Waals surface area contributed by atoms with Gasteiger partial charge in [0, 0.05) is 19.2 Å². The maximum atomic E-state index is 13.1. The van der Waals surface area contributed by atoms with Gasteiger partial charge in [0.25, 0.3) is 5.91 Å². The summed E-state index contributed by atoms with van der Waals surface area (Å²) in [5, 5.41) is 1.70. The topological polar surface area (TPSA) is 142 Å². The zero-order chi connectivity index (χ0) is 20.6. The van der Waals surface area contributed by atoms with Crippen LogP contribution in [0.3, 0.4) is 0 Å². The van der Waals surface area contributed by atoms with Gasteiger partial charge >= 0.3 is 35.5 Å². The molecular formula is C18H18N3NaO6S. The van der Waals surface area contributed by atoms with Crippen LogP contribution in [-0.2, 0) is 20.7 Å². The van der Waals surface area contributed by atoms with Crippen LogP contribution in [-0.4, -0.2) is 42.9 Å². The second kappa shape index (κ2) is 9.23. The van der Waals surface area contributed by atoms with Gasteiger partial charge in [0.2, 0.25) is 5.91 Å². The fourth-order valence-corrected chi connectivity index (χ4v) is 3.96. The van der Waals surface area contributed by atoms with Crippen molar-refractivity contribution in [1.82, 2.24) is 4.90 Å². The number of rotatable bonds is 4. The minimum Gasteiger partial charge on any atom is -0.771 e. The number of amides is 2. The normalized spacial score (nSPS) is 21.3. The van der Waals surface area contributed by atoms with Gasteiger partial charge in [-0.3, -0.25) is 18.6 Å². The maximum absolute atomic E-state index is 13.1. The van der Waals surface area contributed by atoms with E-state index < -0.39 is 40.3 Å². The summed E-state index contributed by atoms with van der Waals surface area (Å²) in [5.41, 5.74) is 6.59. The average Bonchev–Trinajstić information content (AvgIpc) is 2.98. The first kappa shape index (κ1) is 23.3. The molecular weight excluding hydrogens is 409 g/mol. The molecule has 2 aliphatic rings. The number of hydrogen-bond donors (Lipinski definition) is 2. The number of carbonyl (C=O) groups is 3. The fourth-order valence-electron chi connectivity index (χ4n) is 3.27. The Balaban J connectivity index is 0.00000300. The van der Waals surface area contributed by atoms with Crippen molar-refractivity contribution in [3.63, 3.8) is 0 Å². The molecule has 148 valence electrons. The van der Waals surface area contributed by atoms with Crippen molar-refractivity contribution in [3.8, 4) is 5.75 Å². The Morgan fingerprint density at radius 1 is 1.41 bits per heavy atom. The van der Waals surface area contributed by atoms with Gasteiger partial charge in [-0.25, -0.2) is 0 Å². The van der Waals surface area contributed by atoms with E-state index in [1.165, 1.54) is 24.1 Å². The number of hydrogen-bond acceptors (Lipinski definition) is 7. The molecule has 2 heterocycles. The Bertz CT molecular complexity index is 961. The summed E-state index contributed by atoms with van der Waals surface area (Å²) < 4.78 is 29.1. The van der Waals surface area contributed by atoms with Gasteiger partial charge in [0.05, 0.1) is 17.3 Å². The minimum absolute atomic E-state index is 0. The second-order valence-electron chi connectivity index (χ2n) is 6.48. The third kappa shape index (κ3) is 4.78. The number of carbonyl (C=O) groups excluding carboxylic acids is 3. The molecule has 2 aliphatic heterocycles. The summed E-state index contributed by atoms with van der Waals surface area (Å²) in [6, 6.07) is 2.43. The smallest absolute Gasteiger partial charge is 0.771 e. The number of esters is 1. The number of ether oxygens (including phenoxy) is 1. The molecule has 3 atom stereocenters. The molecule has 3 rings (SSSR count). The van der Waals surface area contributed by atoms with E-state index in [0.717, 1.165) is 6.08 Å². The molecule has 0 radical (unpaired) electrons. The first-order valence-corrected chi connectivity index (χ1v) is 9.50. The van der Waals surface area contributed by atoms with Crippen molar-refractivity contribution in [2.24, 2.45) is 5.73 Å². The first-order valence-electron chi connectivity index (χ1n) is 8.36. The average molecular weight is 427 g/mol. The Morgan fingerprint density at radius 3 is 2.69 bits per heavy atom. The molecule has 0 fully saturated rings. The summed E-state index contributed by atoms with van der Waals surface area (Å²) in [5.74, 6) is -1.57. The van der Waals surface area contributed by atoms with Crippen LogP contribution >= 0.6 is 0 Å². The van der Waals surface area contributed by atoms with E-state index in [-0.39, 0.29) is 53.0 Å². The van der Waals surface area contributed by atoms with E-state index in [4.69, 9.17) is 10.5 Å². The summed E-state index contributed by atoms with van der Waals surface area (Å²) in [6.07, 6.45) is 4.30. The van der Waals surface area contributed by atoms with Gasteiger partial charge < -0.3 is 25.2 Å². The van der Waals surface area contributed by atoms with Crippen molar-refractivity contribution >= 4 is 34.6 Å². The summed E-state index contributed by atoms with van der Waals surface area (Å²) >= 11 is -2.60. The number of nitrogens with zero attached hydrogens (tertiary/aromatic N) is 1. The van der Waals surface area contributed by atoms with Crippen molar-refractivity contribution in [1.29, 1.82) is 0 Å². The van der Waals surface area contributed by atoms with E-state index >= 15 is 0 Å². The molecule has 0 bridgehead atoms. The SMILES string of the molecule is CC(=O)Oc1c(C)ccc2c1NC(S(=O)[O-])C1CC(C=CC(N)=O)=CN1C2=O.[Na+]. The van der Waals surface area contributed by atoms with Crippen LogP contribution in [0.1, 0.15) is 29.3 Å². The molecule has 3 N–H and O–H groups in total. The quantitative estimate of drug-likeness (QED) is 0.181. The number of nitrogens with two attached hydrogens (primary N) is 1. The van der Waals surface area contributed by atoms with Crippen LogP contribution in [0.5, 0.6) is 5.75 Å². The summed E-state index contributed by atoms with van der Waals surface area (Å²) in [7, 11) is 0. The molecule has 0 spiro atoms. The molecule has 0 saturated heterocycles. The van der Waals surface area contributed by atoms with Gasteiger partial charge in [-0.2, -0.15) is 0 Å². The fraction of sp³-hybridized carbons (Fsp3) is 0.278. The van der Waals surface area contributed by atoms with Crippen molar-refractivity contribution < 1.29 is 57.4 Å². The molecule has 0 saturated carbocycles. The Labute approximate surface area is 191 Å². The largest absolute Gasteiger partial charge is 1.00 e. The van der Waals surface area contributed by atoms with Crippen LogP contribution in [0.15, 0.2) is 36.1 Å². The van der Waals surface area contributed by atoms with E-state index in [1.807, 2.05) is 0 Å². The molecule has 1 aromatic rings. The molecule has 1 aromatic carbocycles. The summed E-state index contributed by atoms with van der Waals surface area (Å²) in [6.45, 7) is 2.91. The summed E-state index contributed by atoms with van der Waals surface area (Å²) in [4.78, 5) is 36.9. The molecule has 0 aliphatic carbocycles. The monoisotopic (exact) mass is 427 g/mol. The zero-order valence-electron chi connectivity index (χ0n) is 16.1. The number of benzene rings is 1. The minimum atomic E-state index is -2.60. The molecule has 11 heteroatoms. The number of allylic oxidation sites excluding steroid dienone is 1. The number of anilines is 1. The van der Waals surface area contributed by atoms with Crippen LogP contribution in [0.25, 0.3) is 0 Å². The maximum Gasteiger partial charge on any atom is 1.00 e.